The first-order valence-corrected chi connectivity index (χ1v) is 8.89. The van der Waals surface area contributed by atoms with Gasteiger partial charge in [-0.15, -0.1) is 0 Å². The molecule has 3 aliphatic heterocycles. The summed E-state index contributed by atoms with van der Waals surface area (Å²) >= 11 is 5.80. The minimum Gasteiger partial charge on any atom is -0.440 e. The van der Waals surface area contributed by atoms with Gasteiger partial charge in [-0.2, -0.15) is 0 Å². The standard InChI is InChI=1S/C16H26ClNO8/c1-6-18(17)12(19)25-10-7-22-15(9-23-13(2,3)26-15)16(20,11(10)21-5)14(4)8-24-14/h10-11,20H,6-9H2,1-5H3/t10-,11-,14?,15+,16+/m1/s1. The number of aliphatic hydroxyl groups is 1. The van der Waals surface area contributed by atoms with Crippen molar-refractivity contribution in [2.24, 2.45) is 0 Å². The summed E-state index contributed by atoms with van der Waals surface area (Å²) in [4.78, 5) is 12.1. The largest absolute Gasteiger partial charge is 0.440 e. The predicted octanol–water partition coefficient (Wildman–Crippen LogP) is 1.01. The van der Waals surface area contributed by atoms with Gasteiger partial charge in [0.25, 0.3) is 0 Å². The van der Waals surface area contributed by atoms with Gasteiger partial charge in [0.1, 0.15) is 18.3 Å². The molecule has 0 radical (unpaired) electrons. The van der Waals surface area contributed by atoms with Gasteiger partial charge in [0.2, 0.25) is 5.79 Å². The molecule has 10 heteroatoms. The Morgan fingerprint density at radius 2 is 1.92 bits per heavy atom. The van der Waals surface area contributed by atoms with E-state index in [4.69, 9.17) is 40.2 Å². The Bertz CT molecular complexity index is 570. The molecule has 1 unspecified atom stereocenters. The fraction of sp³-hybridized carbons (Fsp3) is 0.938. The third kappa shape index (κ3) is 2.90. The maximum absolute atomic E-state index is 12.1. The van der Waals surface area contributed by atoms with Crippen LogP contribution in [-0.4, -0.2) is 84.1 Å². The highest BCUT2D eigenvalue weighted by molar-refractivity contribution is 6.20. The van der Waals surface area contributed by atoms with Crippen LogP contribution in [0.15, 0.2) is 0 Å². The second-order valence-electron chi connectivity index (χ2n) is 7.40. The Morgan fingerprint density at radius 3 is 2.38 bits per heavy atom. The Kier molecular flexibility index (Phi) is 4.97. The van der Waals surface area contributed by atoms with Gasteiger partial charge in [0.05, 0.1) is 13.2 Å². The summed E-state index contributed by atoms with van der Waals surface area (Å²) < 4.78 is 35.0. The van der Waals surface area contributed by atoms with Crippen LogP contribution in [0.3, 0.4) is 0 Å². The van der Waals surface area contributed by atoms with E-state index in [0.717, 1.165) is 4.42 Å². The Morgan fingerprint density at radius 1 is 1.27 bits per heavy atom. The molecule has 0 aliphatic carbocycles. The van der Waals surface area contributed by atoms with Crippen LogP contribution < -0.4 is 0 Å². The maximum atomic E-state index is 12.1. The minimum absolute atomic E-state index is 0.0213. The van der Waals surface area contributed by atoms with E-state index in [1.807, 2.05) is 0 Å². The molecule has 9 nitrogen and oxygen atoms in total. The number of hydrogen-bond acceptors (Lipinski definition) is 8. The lowest BCUT2D eigenvalue weighted by molar-refractivity contribution is -0.391. The third-order valence-corrected chi connectivity index (χ3v) is 5.57. The topological polar surface area (TPSA) is 99.2 Å². The molecule has 0 aromatic heterocycles. The lowest BCUT2D eigenvalue weighted by atomic mass is 9.73. The Balaban J connectivity index is 1.93. The Labute approximate surface area is 157 Å². The SMILES string of the molecule is CCN(Cl)C(=O)O[C@@H]1CO[C@]2(COC(C)(C)O2)[C@@](O)(C2(C)CO2)[C@@H]1OC. The number of nitrogens with zero attached hydrogens (tertiary/aromatic N) is 1. The third-order valence-electron chi connectivity index (χ3n) is 5.20. The van der Waals surface area contributed by atoms with Crippen LogP contribution in [0.5, 0.6) is 0 Å². The van der Waals surface area contributed by atoms with Crippen LogP contribution >= 0.6 is 11.8 Å². The molecule has 1 amide bonds. The van der Waals surface area contributed by atoms with Crippen molar-refractivity contribution in [1.82, 2.24) is 4.42 Å². The van der Waals surface area contributed by atoms with Crippen molar-refractivity contribution in [2.45, 2.75) is 62.7 Å². The molecule has 26 heavy (non-hydrogen) atoms. The van der Waals surface area contributed by atoms with Gasteiger partial charge in [-0.3, -0.25) is 0 Å². The highest BCUT2D eigenvalue weighted by Crippen LogP contribution is 2.55. The van der Waals surface area contributed by atoms with E-state index >= 15 is 0 Å². The molecule has 0 aromatic rings. The molecule has 3 fully saturated rings. The summed E-state index contributed by atoms with van der Waals surface area (Å²) in [5.41, 5.74) is -2.79. The zero-order valence-electron chi connectivity index (χ0n) is 15.6. The van der Waals surface area contributed by atoms with Crippen LogP contribution in [0.1, 0.15) is 27.7 Å². The quantitative estimate of drug-likeness (QED) is 0.556. The van der Waals surface area contributed by atoms with Gasteiger partial charge in [0.15, 0.2) is 17.5 Å². The number of rotatable bonds is 4. The van der Waals surface area contributed by atoms with Gasteiger partial charge in [-0.25, -0.2) is 9.21 Å². The molecule has 1 spiro atoms. The smallest absolute Gasteiger partial charge is 0.424 e. The van der Waals surface area contributed by atoms with E-state index in [1.54, 1.807) is 27.7 Å². The van der Waals surface area contributed by atoms with Gasteiger partial charge < -0.3 is 33.5 Å². The molecule has 3 saturated heterocycles. The number of methoxy groups -OCH3 is 1. The number of carbonyl (C=O) groups excluding carboxylic acids is 1. The minimum atomic E-state index is -1.78. The normalized spacial score (nSPS) is 44.1. The first-order valence-electron chi connectivity index (χ1n) is 8.55. The van der Waals surface area contributed by atoms with Crippen molar-refractivity contribution < 1.29 is 38.3 Å². The van der Waals surface area contributed by atoms with Crippen molar-refractivity contribution >= 4 is 17.9 Å². The first kappa shape index (κ1) is 20.1. The van der Waals surface area contributed by atoms with Gasteiger partial charge in [-0.05, 0) is 27.7 Å². The van der Waals surface area contributed by atoms with E-state index in [1.165, 1.54) is 7.11 Å². The zero-order chi connectivity index (χ0) is 19.4. The van der Waals surface area contributed by atoms with E-state index in [-0.39, 0.29) is 26.4 Å². The van der Waals surface area contributed by atoms with Crippen molar-refractivity contribution in [3.63, 3.8) is 0 Å². The maximum Gasteiger partial charge on any atom is 0.424 e. The highest BCUT2D eigenvalue weighted by atomic mass is 35.5. The Hall–Kier alpha value is -0.680. The van der Waals surface area contributed by atoms with Crippen LogP contribution in [0.2, 0.25) is 0 Å². The van der Waals surface area contributed by atoms with Crippen molar-refractivity contribution in [3.05, 3.63) is 0 Å². The molecule has 0 saturated carbocycles. The molecule has 150 valence electrons. The number of ether oxygens (including phenoxy) is 6. The van der Waals surface area contributed by atoms with Crippen LogP contribution in [0.25, 0.3) is 0 Å². The fourth-order valence-electron chi connectivity index (χ4n) is 3.65. The molecular weight excluding hydrogens is 370 g/mol. The summed E-state index contributed by atoms with van der Waals surface area (Å²) in [7, 11) is 1.42. The molecule has 1 N–H and O–H groups in total. The molecule has 3 aliphatic rings. The lowest BCUT2D eigenvalue weighted by Crippen LogP contribution is -2.77. The summed E-state index contributed by atoms with van der Waals surface area (Å²) in [6, 6.07) is 0. The molecule has 0 bridgehead atoms. The van der Waals surface area contributed by atoms with E-state index in [9.17, 15) is 9.90 Å². The first-order chi connectivity index (χ1) is 12.0. The second-order valence-corrected chi connectivity index (χ2v) is 7.81. The number of epoxide rings is 1. The van der Waals surface area contributed by atoms with Crippen molar-refractivity contribution in [3.8, 4) is 0 Å². The summed E-state index contributed by atoms with van der Waals surface area (Å²) in [5.74, 6) is -2.48. The average molecular weight is 396 g/mol. The molecule has 3 rings (SSSR count). The number of halogens is 1. The number of carbonyl (C=O) groups is 1. The highest BCUT2D eigenvalue weighted by Gasteiger charge is 2.78. The lowest BCUT2D eigenvalue weighted by Gasteiger charge is -2.53. The van der Waals surface area contributed by atoms with Crippen LogP contribution in [-0.2, 0) is 28.4 Å². The van der Waals surface area contributed by atoms with E-state index in [0.29, 0.717) is 0 Å². The van der Waals surface area contributed by atoms with Gasteiger partial charge in [-0.1, -0.05) is 0 Å². The van der Waals surface area contributed by atoms with Crippen LogP contribution in [0, 0.1) is 0 Å². The summed E-state index contributed by atoms with van der Waals surface area (Å²) in [5, 5.41) is 11.8. The average Bonchev–Trinajstić information content (AvgIpc) is 3.26. The predicted molar refractivity (Wildman–Crippen MR) is 88.4 cm³/mol. The van der Waals surface area contributed by atoms with Crippen LogP contribution in [0.4, 0.5) is 4.79 Å². The number of hydrogen-bond donors (Lipinski definition) is 1. The monoisotopic (exact) mass is 395 g/mol. The molecule has 3 heterocycles. The zero-order valence-corrected chi connectivity index (χ0v) is 16.4. The summed E-state index contributed by atoms with van der Waals surface area (Å²) in [6.07, 6.45) is -2.65. The van der Waals surface area contributed by atoms with Crippen molar-refractivity contribution in [1.29, 1.82) is 0 Å². The van der Waals surface area contributed by atoms with E-state index in [2.05, 4.69) is 0 Å². The van der Waals surface area contributed by atoms with Gasteiger partial charge in [0, 0.05) is 25.4 Å². The fourth-order valence-corrected chi connectivity index (χ4v) is 3.69. The second kappa shape index (κ2) is 6.44. The van der Waals surface area contributed by atoms with E-state index < -0.39 is 41.1 Å². The molecule has 5 atom stereocenters. The molecule has 0 aromatic carbocycles. The van der Waals surface area contributed by atoms with Crippen molar-refractivity contribution in [2.75, 3.05) is 33.5 Å². The van der Waals surface area contributed by atoms with Gasteiger partial charge >= 0.3 is 6.09 Å². The summed E-state index contributed by atoms with van der Waals surface area (Å²) in [6.45, 7) is 7.33. The number of amides is 1. The molecular formula is C16H26ClNO8.